The van der Waals surface area contributed by atoms with Gasteiger partial charge in [0.2, 0.25) is 11.8 Å². The van der Waals surface area contributed by atoms with Gasteiger partial charge in [-0.15, -0.1) is 0 Å². The Kier molecular flexibility index (Phi) is 4.53. The van der Waals surface area contributed by atoms with Crippen molar-refractivity contribution in [1.82, 2.24) is 0 Å². The van der Waals surface area contributed by atoms with Crippen LogP contribution in [0.2, 0.25) is 0 Å². The number of benzene rings is 1. The summed E-state index contributed by atoms with van der Waals surface area (Å²) in [4.78, 5) is 50.6. The Bertz CT molecular complexity index is 895. The molecule has 4 rings (SSSR count). The van der Waals surface area contributed by atoms with E-state index >= 15 is 0 Å². The van der Waals surface area contributed by atoms with Crippen molar-refractivity contribution in [1.29, 1.82) is 0 Å². The van der Waals surface area contributed by atoms with Gasteiger partial charge >= 0.3 is 11.9 Å². The van der Waals surface area contributed by atoms with Crippen LogP contribution in [0, 0.1) is 15.4 Å². The SMILES string of the molecule is CC(=O)OC(OC(C)=O)[C@@]12C=C[C@@H](O1)[C@@H]1C(=O)N(c3ccc(I)cc3)C(=O)[C@@H]12. The second-order valence-electron chi connectivity index (χ2n) is 6.84. The molecule has 3 heterocycles. The number of hydrogen-bond acceptors (Lipinski definition) is 7. The van der Waals surface area contributed by atoms with E-state index in [0.717, 1.165) is 22.3 Å². The van der Waals surface area contributed by atoms with Crippen LogP contribution in [0.15, 0.2) is 36.4 Å². The second kappa shape index (κ2) is 6.66. The number of halogens is 1. The van der Waals surface area contributed by atoms with Gasteiger partial charge in [-0.3, -0.25) is 19.2 Å². The molecular weight excluding hydrogens is 481 g/mol. The zero-order valence-electron chi connectivity index (χ0n) is 15.0. The van der Waals surface area contributed by atoms with Crippen molar-refractivity contribution >= 4 is 52.0 Å². The first-order valence-corrected chi connectivity index (χ1v) is 9.67. The lowest BCUT2D eigenvalue weighted by atomic mass is 9.76. The van der Waals surface area contributed by atoms with Crippen LogP contribution in [0.25, 0.3) is 0 Å². The predicted octanol–water partition coefficient (Wildman–Crippen LogP) is 1.56. The first kappa shape index (κ1) is 19.1. The molecule has 28 heavy (non-hydrogen) atoms. The molecule has 4 atom stereocenters. The lowest BCUT2D eigenvalue weighted by Gasteiger charge is -2.34. The largest absolute Gasteiger partial charge is 0.422 e. The summed E-state index contributed by atoms with van der Waals surface area (Å²) in [5.74, 6) is -4.00. The average Bonchev–Trinajstić information content (AvgIpc) is 3.26. The van der Waals surface area contributed by atoms with Gasteiger partial charge in [-0.1, -0.05) is 6.08 Å². The van der Waals surface area contributed by atoms with Gasteiger partial charge in [0.15, 0.2) is 5.60 Å². The van der Waals surface area contributed by atoms with E-state index in [2.05, 4.69) is 22.6 Å². The molecular formula is C19H16INO7. The summed E-state index contributed by atoms with van der Waals surface area (Å²) in [6.45, 7) is 2.32. The third-order valence-corrected chi connectivity index (χ3v) is 5.80. The molecule has 2 fully saturated rings. The molecule has 0 spiro atoms. The molecule has 0 aromatic heterocycles. The van der Waals surface area contributed by atoms with Crippen LogP contribution < -0.4 is 4.90 Å². The smallest absolute Gasteiger partial charge is 0.305 e. The summed E-state index contributed by atoms with van der Waals surface area (Å²) >= 11 is 2.13. The highest BCUT2D eigenvalue weighted by Gasteiger charge is 2.72. The summed E-state index contributed by atoms with van der Waals surface area (Å²) in [5.41, 5.74) is -1.08. The molecule has 9 heteroatoms. The molecule has 0 aliphatic carbocycles. The maximum Gasteiger partial charge on any atom is 0.305 e. The highest BCUT2D eigenvalue weighted by molar-refractivity contribution is 14.1. The number of hydrogen-bond donors (Lipinski definition) is 0. The Balaban J connectivity index is 1.74. The predicted molar refractivity (Wildman–Crippen MR) is 103 cm³/mol. The summed E-state index contributed by atoms with van der Waals surface area (Å²) in [7, 11) is 0. The Morgan fingerprint density at radius 2 is 1.71 bits per heavy atom. The highest BCUT2D eigenvalue weighted by Crippen LogP contribution is 2.54. The molecule has 2 saturated heterocycles. The summed E-state index contributed by atoms with van der Waals surface area (Å²) in [6, 6.07) is 6.97. The van der Waals surface area contributed by atoms with E-state index in [1.807, 2.05) is 0 Å². The van der Waals surface area contributed by atoms with Gasteiger partial charge in [0.1, 0.15) is 0 Å². The van der Waals surface area contributed by atoms with Gasteiger partial charge in [-0.2, -0.15) is 0 Å². The third-order valence-electron chi connectivity index (χ3n) is 5.08. The normalized spacial score (nSPS) is 30.1. The van der Waals surface area contributed by atoms with Gasteiger partial charge in [-0.05, 0) is 52.9 Å². The molecule has 0 radical (unpaired) electrons. The Morgan fingerprint density at radius 3 is 2.29 bits per heavy atom. The molecule has 146 valence electrons. The number of fused-ring (bicyclic) bond motifs is 5. The van der Waals surface area contributed by atoms with Crippen LogP contribution >= 0.6 is 22.6 Å². The molecule has 0 unspecified atom stereocenters. The fraction of sp³-hybridized carbons (Fsp3) is 0.368. The number of amides is 2. The van der Waals surface area contributed by atoms with Crippen molar-refractivity contribution in [3.8, 4) is 0 Å². The second-order valence-corrected chi connectivity index (χ2v) is 8.08. The standard InChI is InChI=1S/C19H16INO7/c1-9(22)26-18(27-10(2)23)19-8-7-13(28-19)14-15(19)17(25)21(16(14)24)12-5-3-11(20)4-6-12/h3-8,13-15,18H,1-2H3/t13-,14+,15-,19+/m1/s1. The lowest BCUT2D eigenvalue weighted by molar-refractivity contribution is -0.226. The number of carbonyl (C=O) groups is 4. The van der Waals surface area contributed by atoms with Crippen molar-refractivity contribution < 1.29 is 33.4 Å². The first-order valence-electron chi connectivity index (χ1n) is 8.59. The van der Waals surface area contributed by atoms with E-state index in [4.69, 9.17) is 14.2 Å². The van der Waals surface area contributed by atoms with Crippen LogP contribution in [0.5, 0.6) is 0 Å². The minimum Gasteiger partial charge on any atom is -0.422 e. The summed E-state index contributed by atoms with van der Waals surface area (Å²) < 4.78 is 17.2. The molecule has 3 aliphatic heterocycles. The van der Waals surface area contributed by atoms with Gasteiger partial charge < -0.3 is 14.2 Å². The van der Waals surface area contributed by atoms with Crippen molar-refractivity contribution in [3.63, 3.8) is 0 Å². The maximum atomic E-state index is 13.3. The van der Waals surface area contributed by atoms with Crippen LogP contribution in [0.1, 0.15) is 13.8 Å². The Morgan fingerprint density at radius 1 is 1.11 bits per heavy atom. The van der Waals surface area contributed by atoms with E-state index in [0.29, 0.717) is 5.69 Å². The van der Waals surface area contributed by atoms with E-state index in [9.17, 15) is 19.2 Å². The fourth-order valence-corrected chi connectivity index (χ4v) is 4.42. The summed E-state index contributed by atoms with van der Waals surface area (Å²) in [6.07, 6.45) is 1.07. The van der Waals surface area contributed by atoms with Crippen LogP contribution in [0.3, 0.4) is 0 Å². The molecule has 2 bridgehead atoms. The van der Waals surface area contributed by atoms with Crippen LogP contribution in [-0.4, -0.2) is 41.7 Å². The van der Waals surface area contributed by atoms with Gasteiger partial charge in [0.25, 0.3) is 6.29 Å². The van der Waals surface area contributed by atoms with Crippen molar-refractivity contribution in [2.75, 3.05) is 4.90 Å². The van der Waals surface area contributed by atoms with Crippen molar-refractivity contribution in [2.45, 2.75) is 31.8 Å². The van der Waals surface area contributed by atoms with Gasteiger partial charge in [0.05, 0.1) is 23.6 Å². The molecule has 8 nitrogen and oxygen atoms in total. The molecule has 1 aromatic carbocycles. The van der Waals surface area contributed by atoms with Gasteiger partial charge in [0, 0.05) is 17.4 Å². The van der Waals surface area contributed by atoms with Crippen molar-refractivity contribution in [2.24, 2.45) is 11.8 Å². The first-order chi connectivity index (χ1) is 13.2. The molecule has 0 N–H and O–H groups in total. The zero-order valence-corrected chi connectivity index (χ0v) is 17.1. The average molecular weight is 497 g/mol. The van der Waals surface area contributed by atoms with Gasteiger partial charge in [-0.25, -0.2) is 4.90 Å². The maximum absolute atomic E-state index is 13.3. The minimum absolute atomic E-state index is 0.392. The third kappa shape index (κ3) is 2.75. The monoisotopic (exact) mass is 497 g/mol. The number of esters is 2. The van der Waals surface area contributed by atoms with E-state index in [1.54, 1.807) is 36.4 Å². The van der Waals surface area contributed by atoms with Crippen LogP contribution in [-0.2, 0) is 33.4 Å². The molecule has 0 saturated carbocycles. The quantitative estimate of drug-likeness (QED) is 0.205. The number of ether oxygens (including phenoxy) is 3. The minimum atomic E-state index is -1.53. The Labute approximate surface area is 173 Å². The van der Waals surface area contributed by atoms with Crippen LogP contribution in [0.4, 0.5) is 5.69 Å². The number of anilines is 1. The van der Waals surface area contributed by atoms with E-state index < -0.39 is 53.6 Å². The highest BCUT2D eigenvalue weighted by atomic mass is 127. The zero-order chi connectivity index (χ0) is 20.2. The number of carbonyl (C=O) groups excluding carboxylic acids is 4. The number of rotatable bonds is 4. The number of imide groups is 1. The Hall–Kier alpha value is -2.27. The lowest BCUT2D eigenvalue weighted by Crippen LogP contribution is -2.52. The molecule has 3 aliphatic rings. The fourth-order valence-electron chi connectivity index (χ4n) is 4.06. The molecule has 2 amide bonds. The van der Waals surface area contributed by atoms with E-state index in [1.165, 1.54) is 0 Å². The van der Waals surface area contributed by atoms with Crippen molar-refractivity contribution in [3.05, 3.63) is 40.0 Å². The van der Waals surface area contributed by atoms with E-state index in [-0.39, 0.29) is 0 Å². The molecule has 1 aromatic rings. The number of nitrogens with zero attached hydrogens (tertiary/aromatic N) is 1. The summed E-state index contributed by atoms with van der Waals surface area (Å²) in [5, 5.41) is 0. The topological polar surface area (TPSA) is 99.2 Å².